The monoisotopic (exact) mass is 298 g/mol. The highest BCUT2D eigenvalue weighted by Crippen LogP contribution is 2.34. The van der Waals surface area contributed by atoms with Crippen LogP contribution in [0.5, 0.6) is 0 Å². The van der Waals surface area contributed by atoms with Crippen LogP contribution in [0.15, 0.2) is 21.8 Å². The molecule has 2 aromatic heterocycles. The summed E-state index contributed by atoms with van der Waals surface area (Å²) in [5.41, 5.74) is 0.400. The van der Waals surface area contributed by atoms with Gasteiger partial charge in [0, 0.05) is 0 Å². The maximum atomic E-state index is 10.00. The molecule has 108 valence electrons. The molecule has 8 heteroatoms. The molecular weight excluding hydrogens is 284 g/mol. The minimum atomic E-state index is -1.19. The number of thioether (sulfide) groups is 1. The molecule has 4 atom stereocenters. The summed E-state index contributed by atoms with van der Waals surface area (Å²) in [4.78, 5) is 8.55. The van der Waals surface area contributed by atoms with Gasteiger partial charge in [0.25, 0.3) is 0 Å². The van der Waals surface area contributed by atoms with Crippen LogP contribution in [0.2, 0.25) is 0 Å². The summed E-state index contributed by atoms with van der Waals surface area (Å²) in [6.07, 6.45) is -0.699. The zero-order valence-electron chi connectivity index (χ0n) is 10.6. The first kappa shape index (κ1) is 13.8. The number of hydrogen-bond donors (Lipinski definition) is 3. The summed E-state index contributed by atoms with van der Waals surface area (Å²) in [6.45, 7) is -0.382. The maximum absolute atomic E-state index is 10.00. The SMILES string of the molecule is CSc1nc(C2O[C@H](CO)[C@@H](O)[C@H]2O)nc2occc12. The Hall–Kier alpha value is -1.19. The highest BCUT2D eigenvalue weighted by molar-refractivity contribution is 7.98. The van der Waals surface area contributed by atoms with Crippen LogP contribution in [0, 0.1) is 0 Å². The number of rotatable bonds is 3. The zero-order valence-corrected chi connectivity index (χ0v) is 11.4. The number of fused-ring (bicyclic) bond motifs is 1. The molecule has 3 N–H and O–H groups in total. The molecule has 20 heavy (non-hydrogen) atoms. The Labute approximate surface area is 118 Å². The molecule has 1 aliphatic rings. The van der Waals surface area contributed by atoms with E-state index in [0.29, 0.717) is 10.7 Å². The van der Waals surface area contributed by atoms with Crippen molar-refractivity contribution >= 4 is 22.9 Å². The highest BCUT2D eigenvalue weighted by Gasteiger charge is 2.44. The van der Waals surface area contributed by atoms with Gasteiger partial charge in [0.15, 0.2) is 5.82 Å². The molecule has 3 rings (SSSR count). The van der Waals surface area contributed by atoms with Gasteiger partial charge in [-0.15, -0.1) is 11.8 Å². The van der Waals surface area contributed by atoms with Crippen LogP contribution >= 0.6 is 11.8 Å². The first-order valence-electron chi connectivity index (χ1n) is 6.07. The number of furan rings is 1. The topological polar surface area (TPSA) is 109 Å². The van der Waals surface area contributed by atoms with Crippen molar-refractivity contribution < 1.29 is 24.5 Å². The molecule has 3 heterocycles. The van der Waals surface area contributed by atoms with Crippen molar-refractivity contribution in [3.05, 3.63) is 18.2 Å². The molecule has 0 bridgehead atoms. The molecule has 0 spiro atoms. The third-order valence-electron chi connectivity index (χ3n) is 3.30. The molecule has 7 nitrogen and oxygen atoms in total. The van der Waals surface area contributed by atoms with E-state index in [9.17, 15) is 10.2 Å². The smallest absolute Gasteiger partial charge is 0.230 e. The molecule has 0 amide bonds. The second-order valence-corrected chi connectivity index (χ2v) is 5.28. The fourth-order valence-corrected chi connectivity index (χ4v) is 2.80. The number of hydrogen-bond acceptors (Lipinski definition) is 8. The van der Waals surface area contributed by atoms with Crippen molar-refractivity contribution in [1.29, 1.82) is 0 Å². The summed E-state index contributed by atoms with van der Waals surface area (Å²) in [6, 6.07) is 1.77. The van der Waals surface area contributed by atoms with Gasteiger partial charge in [-0.05, 0) is 12.3 Å². The minimum absolute atomic E-state index is 0.235. The van der Waals surface area contributed by atoms with Gasteiger partial charge in [-0.3, -0.25) is 0 Å². The Bertz CT molecular complexity index is 619. The average molecular weight is 298 g/mol. The summed E-state index contributed by atoms with van der Waals surface area (Å²) in [7, 11) is 0. The molecule has 1 saturated heterocycles. The van der Waals surface area contributed by atoms with Crippen molar-refractivity contribution in [3.8, 4) is 0 Å². The molecule has 1 fully saturated rings. The first-order valence-corrected chi connectivity index (χ1v) is 7.29. The Morgan fingerprint density at radius 1 is 1.30 bits per heavy atom. The number of aliphatic hydroxyl groups is 3. The van der Waals surface area contributed by atoms with Crippen molar-refractivity contribution in [2.24, 2.45) is 0 Å². The van der Waals surface area contributed by atoms with Crippen LogP contribution in [0.3, 0.4) is 0 Å². The van der Waals surface area contributed by atoms with Crippen molar-refractivity contribution in [2.75, 3.05) is 12.9 Å². The van der Waals surface area contributed by atoms with Crippen molar-refractivity contribution in [2.45, 2.75) is 29.4 Å². The Morgan fingerprint density at radius 3 is 2.75 bits per heavy atom. The summed E-state index contributed by atoms with van der Waals surface area (Å²) >= 11 is 1.42. The Kier molecular flexibility index (Phi) is 3.65. The third-order valence-corrected chi connectivity index (χ3v) is 4.00. The van der Waals surface area contributed by atoms with Crippen LogP contribution in [-0.4, -0.2) is 56.5 Å². The van der Waals surface area contributed by atoms with E-state index in [1.807, 2.05) is 6.26 Å². The molecule has 1 aliphatic heterocycles. The van der Waals surface area contributed by atoms with Gasteiger partial charge in [0.05, 0.1) is 18.3 Å². The van der Waals surface area contributed by atoms with Crippen LogP contribution in [0.4, 0.5) is 0 Å². The van der Waals surface area contributed by atoms with E-state index in [0.717, 1.165) is 5.39 Å². The molecule has 0 saturated carbocycles. The fourth-order valence-electron chi connectivity index (χ4n) is 2.24. The number of aliphatic hydroxyl groups excluding tert-OH is 3. The predicted molar refractivity (Wildman–Crippen MR) is 70.3 cm³/mol. The lowest BCUT2D eigenvalue weighted by Crippen LogP contribution is -2.32. The third kappa shape index (κ3) is 2.09. The molecule has 0 aliphatic carbocycles. The lowest BCUT2D eigenvalue weighted by molar-refractivity contribution is -0.0254. The van der Waals surface area contributed by atoms with Crippen molar-refractivity contribution in [1.82, 2.24) is 9.97 Å². The van der Waals surface area contributed by atoms with Gasteiger partial charge < -0.3 is 24.5 Å². The van der Waals surface area contributed by atoms with Gasteiger partial charge in [0.1, 0.15) is 29.4 Å². The van der Waals surface area contributed by atoms with Crippen LogP contribution in [0.1, 0.15) is 11.9 Å². The average Bonchev–Trinajstić information content (AvgIpc) is 3.04. The van der Waals surface area contributed by atoms with E-state index in [4.69, 9.17) is 14.3 Å². The Balaban J connectivity index is 2.02. The van der Waals surface area contributed by atoms with E-state index in [-0.39, 0.29) is 12.4 Å². The van der Waals surface area contributed by atoms with Gasteiger partial charge in [-0.1, -0.05) is 0 Å². The van der Waals surface area contributed by atoms with E-state index in [1.54, 1.807) is 6.07 Å². The lowest BCUT2D eigenvalue weighted by atomic mass is 10.1. The zero-order chi connectivity index (χ0) is 14.3. The van der Waals surface area contributed by atoms with E-state index >= 15 is 0 Å². The minimum Gasteiger partial charge on any atom is -0.446 e. The fraction of sp³-hybridized carbons (Fsp3) is 0.500. The van der Waals surface area contributed by atoms with E-state index < -0.39 is 24.4 Å². The largest absolute Gasteiger partial charge is 0.446 e. The lowest BCUT2D eigenvalue weighted by Gasteiger charge is -2.13. The molecule has 2 aromatic rings. The predicted octanol–water partition coefficient (Wildman–Crippen LogP) is 0.0987. The highest BCUT2D eigenvalue weighted by atomic mass is 32.2. The quantitative estimate of drug-likeness (QED) is 0.541. The second-order valence-electron chi connectivity index (χ2n) is 4.49. The maximum Gasteiger partial charge on any atom is 0.230 e. The molecule has 1 unspecified atom stereocenters. The number of aromatic nitrogens is 2. The second kappa shape index (κ2) is 5.30. The summed E-state index contributed by atoms with van der Waals surface area (Å²) in [5, 5.41) is 30.4. The van der Waals surface area contributed by atoms with Crippen molar-refractivity contribution in [3.63, 3.8) is 0 Å². The number of nitrogens with zero attached hydrogens (tertiary/aromatic N) is 2. The van der Waals surface area contributed by atoms with E-state index in [1.165, 1.54) is 18.0 Å². The van der Waals surface area contributed by atoms with Crippen LogP contribution in [0.25, 0.3) is 11.1 Å². The number of ether oxygens (including phenoxy) is 1. The summed E-state index contributed by atoms with van der Waals surface area (Å²) in [5.74, 6) is 0.235. The van der Waals surface area contributed by atoms with Gasteiger partial charge in [-0.2, -0.15) is 4.98 Å². The van der Waals surface area contributed by atoms with Gasteiger partial charge in [0.2, 0.25) is 5.71 Å². The standard InChI is InChI=1S/C12H14N2O5S/c1-20-12-5-2-3-18-11(5)13-10(14-12)9-8(17)7(16)6(4-15)19-9/h2-3,6-9,15-17H,4H2,1H3/t6-,7-,8-,9?/m1/s1. The molecule has 0 aromatic carbocycles. The first-order chi connectivity index (χ1) is 9.65. The van der Waals surface area contributed by atoms with Crippen LogP contribution in [-0.2, 0) is 4.74 Å². The normalized spacial score (nSPS) is 30.2. The van der Waals surface area contributed by atoms with Gasteiger partial charge in [-0.25, -0.2) is 4.98 Å². The van der Waals surface area contributed by atoms with Crippen LogP contribution < -0.4 is 0 Å². The molecular formula is C12H14N2O5S. The summed E-state index contributed by atoms with van der Waals surface area (Å²) < 4.78 is 10.7. The van der Waals surface area contributed by atoms with Gasteiger partial charge >= 0.3 is 0 Å². The van der Waals surface area contributed by atoms with E-state index in [2.05, 4.69) is 9.97 Å². The molecule has 0 radical (unpaired) electrons. The Morgan fingerprint density at radius 2 is 2.10 bits per heavy atom.